The molecule has 2 aliphatic carbocycles. The molecule has 9 heteroatoms. The van der Waals surface area contributed by atoms with Crippen LogP contribution in [0.4, 0.5) is 0 Å². The Morgan fingerprint density at radius 1 is 1.26 bits per heavy atom. The van der Waals surface area contributed by atoms with Crippen molar-refractivity contribution in [3.63, 3.8) is 0 Å². The smallest absolute Gasteiger partial charge is 0.320 e. The van der Waals surface area contributed by atoms with E-state index in [-0.39, 0.29) is 24.3 Å². The Bertz CT molecular complexity index is 618. The molecule has 4 fully saturated rings. The zero-order valence-corrected chi connectivity index (χ0v) is 15.5. The number of carbonyl (C=O) groups is 3. The van der Waals surface area contributed by atoms with Gasteiger partial charge in [0, 0.05) is 32.0 Å². The van der Waals surface area contributed by atoms with Crippen LogP contribution < -0.4 is 0 Å². The highest BCUT2D eigenvalue weighted by atomic mass is 16.7. The Morgan fingerprint density at radius 2 is 2.00 bits per heavy atom. The first-order valence-electron chi connectivity index (χ1n) is 9.43. The van der Waals surface area contributed by atoms with E-state index in [0.29, 0.717) is 32.7 Å². The molecule has 2 bridgehead atoms. The van der Waals surface area contributed by atoms with Gasteiger partial charge in [0.05, 0.1) is 31.6 Å². The van der Waals surface area contributed by atoms with Crippen molar-refractivity contribution in [2.24, 2.45) is 23.7 Å². The average Bonchev–Trinajstić information content (AvgIpc) is 3.26. The molecule has 7 atom stereocenters. The summed E-state index contributed by atoms with van der Waals surface area (Å²) in [4.78, 5) is 39.3. The fourth-order valence-corrected chi connectivity index (χ4v) is 4.89. The molecule has 2 aliphatic heterocycles. The lowest BCUT2D eigenvalue weighted by atomic mass is 9.78. The molecule has 0 radical (unpaired) electrons. The van der Waals surface area contributed by atoms with Crippen LogP contribution in [0.3, 0.4) is 0 Å². The minimum Gasteiger partial charge on any atom is -0.458 e. The molecule has 2 saturated carbocycles. The van der Waals surface area contributed by atoms with E-state index in [0.717, 1.165) is 0 Å². The summed E-state index contributed by atoms with van der Waals surface area (Å²) < 4.78 is 26.7. The molecule has 27 heavy (non-hydrogen) atoms. The highest BCUT2D eigenvalue weighted by molar-refractivity contribution is 5.86. The molecule has 2 saturated heterocycles. The molecule has 0 N–H and O–H groups in total. The van der Waals surface area contributed by atoms with E-state index in [4.69, 9.17) is 23.7 Å². The van der Waals surface area contributed by atoms with Crippen molar-refractivity contribution in [1.82, 2.24) is 4.90 Å². The summed E-state index contributed by atoms with van der Waals surface area (Å²) in [5, 5.41) is 0. The van der Waals surface area contributed by atoms with Crippen LogP contribution in [0.25, 0.3) is 0 Å². The summed E-state index contributed by atoms with van der Waals surface area (Å²) in [6, 6.07) is 0. The first kappa shape index (κ1) is 18.6. The summed E-state index contributed by atoms with van der Waals surface area (Å²) >= 11 is 0. The topological polar surface area (TPSA) is 101 Å². The number of methoxy groups -OCH3 is 1. The number of rotatable bonds is 6. The fraction of sp³-hybridized carbons (Fsp3) is 0.833. The van der Waals surface area contributed by atoms with Gasteiger partial charge in [-0.05, 0) is 13.3 Å². The van der Waals surface area contributed by atoms with E-state index in [2.05, 4.69) is 0 Å². The molecular weight excluding hydrogens is 358 g/mol. The predicted octanol–water partition coefficient (Wildman–Crippen LogP) is -0.426. The van der Waals surface area contributed by atoms with Crippen LogP contribution >= 0.6 is 0 Å². The van der Waals surface area contributed by atoms with Crippen molar-refractivity contribution in [2.75, 3.05) is 40.0 Å². The normalized spacial score (nSPS) is 38.5. The number of hydrogen-bond donors (Lipinski definition) is 0. The lowest BCUT2D eigenvalue weighted by Gasteiger charge is -2.32. The molecule has 0 spiro atoms. The second kappa shape index (κ2) is 7.37. The minimum absolute atomic E-state index is 0.0981. The number of esters is 3. The molecule has 9 nitrogen and oxygen atoms in total. The first-order chi connectivity index (χ1) is 13.0. The van der Waals surface area contributed by atoms with Crippen LogP contribution in [-0.4, -0.2) is 81.3 Å². The number of fused-ring (bicyclic) bond motifs is 1. The minimum atomic E-state index is -0.702. The molecule has 0 aromatic carbocycles. The Morgan fingerprint density at radius 3 is 2.70 bits per heavy atom. The maximum atomic E-state index is 12.6. The molecule has 150 valence electrons. The van der Waals surface area contributed by atoms with Gasteiger partial charge in [0.15, 0.2) is 6.29 Å². The van der Waals surface area contributed by atoms with Crippen molar-refractivity contribution >= 4 is 17.9 Å². The zero-order valence-electron chi connectivity index (χ0n) is 15.5. The van der Waals surface area contributed by atoms with E-state index in [1.807, 2.05) is 4.90 Å². The second-order valence-electron chi connectivity index (χ2n) is 7.60. The van der Waals surface area contributed by atoms with Gasteiger partial charge in [-0.2, -0.15) is 0 Å². The van der Waals surface area contributed by atoms with Crippen molar-refractivity contribution in [3.05, 3.63) is 0 Å². The number of nitrogens with zero attached hydrogens (tertiary/aromatic N) is 1. The third kappa shape index (κ3) is 3.32. The van der Waals surface area contributed by atoms with Crippen molar-refractivity contribution in [2.45, 2.75) is 31.8 Å². The Labute approximate surface area is 157 Å². The molecule has 4 rings (SSSR count). The van der Waals surface area contributed by atoms with Gasteiger partial charge >= 0.3 is 17.9 Å². The monoisotopic (exact) mass is 383 g/mol. The SMILES string of the molecule is COC(C)OC(=O)C1C2CC3C(OC(=O)C31)C2OC(=O)CN1CCOCC1. The van der Waals surface area contributed by atoms with Crippen LogP contribution in [0.1, 0.15) is 13.3 Å². The predicted molar refractivity (Wildman–Crippen MR) is 88.2 cm³/mol. The maximum Gasteiger partial charge on any atom is 0.320 e. The van der Waals surface area contributed by atoms with Crippen LogP contribution in [0, 0.1) is 23.7 Å². The maximum absolute atomic E-state index is 12.6. The summed E-state index contributed by atoms with van der Waals surface area (Å²) in [5.74, 6) is -2.78. The molecule has 0 aromatic heterocycles. The molecule has 4 aliphatic rings. The molecule has 7 unspecified atom stereocenters. The van der Waals surface area contributed by atoms with Gasteiger partial charge in [-0.25, -0.2) is 0 Å². The summed E-state index contributed by atoms with van der Waals surface area (Å²) in [7, 11) is 1.44. The van der Waals surface area contributed by atoms with Crippen LogP contribution in [0.15, 0.2) is 0 Å². The van der Waals surface area contributed by atoms with Crippen molar-refractivity contribution in [3.8, 4) is 0 Å². The van der Waals surface area contributed by atoms with Crippen molar-refractivity contribution in [1.29, 1.82) is 0 Å². The van der Waals surface area contributed by atoms with E-state index in [1.165, 1.54) is 7.11 Å². The molecular formula is C18H25NO8. The zero-order chi connectivity index (χ0) is 19.1. The van der Waals surface area contributed by atoms with Crippen LogP contribution in [-0.2, 0) is 38.1 Å². The number of ether oxygens (including phenoxy) is 5. The standard InChI is InChI=1S/C18H25NO8/c1-9(23-2)25-17(21)13-10-7-11-14(13)18(22)27-16(11)15(10)26-12(20)8-19-3-5-24-6-4-19/h9-11,13-16H,3-8H2,1-2H3. The fourth-order valence-electron chi connectivity index (χ4n) is 4.89. The van der Waals surface area contributed by atoms with E-state index >= 15 is 0 Å². The Kier molecular flexibility index (Phi) is 5.09. The summed E-state index contributed by atoms with van der Waals surface area (Å²) in [5.41, 5.74) is 0. The van der Waals surface area contributed by atoms with Crippen LogP contribution in [0.5, 0.6) is 0 Å². The average molecular weight is 383 g/mol. The lowest BCUT2D eigenvalue weighted by Crippen LogP contribution is -2.46. The van der Waals surface area contributed by atoms with Gasteiger partial charge in [-0.15, -0.1) is 0 Å². The van der Waals surface area contributed by atoms with Crippen LogP contribution in [0.2, 0.25) is 0 Å². The van der Waals surface area contributed by atoms with E-state index in [1.54, 1.807) is 6.92 Å². The molecule has 0 amide bonds. The second-order valence-corrected chi connectivity index (χ2v) is 7.60. The number of hydrogen-bond acceptors (Lipinski definition) is 9. The van der Waals surface area contributed by atoms with Gasteiger partial charge in [0.2, 0.25) is 0 Å². The molecule has 0 aromatic rings. The van der Waals surface area contributed by atoms with Crippen molar-refractivity contribution < 1.29 is 38.1 Å². The highest BCUT2D eigenvalue weighted by Crippen LogP contribution is 2.59. The quantitative estimate of drug-likeness (QED) is 0.344. The summed E-state index contributed by atoms with van der Waals surface area (Å²) in [6.45, 7) is 4.31. The third-order valence-electron chi connectivity index (χ3n) is 6.16. The summed E-state index contributed by atoms with van der Waals surface area (Å²) in [6.07, 6.45) is -1.13. The highest BCUT2D eigenvalue weighted by Gasteiger charge is 2.70. The Balaban J connectivity index is 1.43. The van der Waals surface area contributed by atoms with Gasteiger partial charge < -0.3 is 23.7 Å². The lowest BCUT2D eigenvalue weighted by molar-refractivity contribution is -0.183. The van der Waals surface area contributed by atoms with E-state index < -0.39 is 42.3 Å². The van der Waals surface area contributed by atoms with Gasteiger partial charge in [0.1, 0.15) is 12.2 Å². The Hall–Kier alpha value is -1.71. The van der Waals surface area contributed by atoms with E-state index in [9.17, 15) is 14.4 Å². The van der Waals surface area contributed by atoms with Gasteiger partial charge in [-0.1, -0.05) is 0 Å². The first-order valence-corrected chi connectivity index (χ1v) is 9.43. The third-order valence-corrected chi connectivity index (χ3v) is 6.16. The number of morpholine rings is 1. The molecule has 2 heterocycles. The van der Waals surface area contributed by atoms with Gasteiger partial charge in [0.25, 0.3) is 0 Å². The largest absolute Gasteiger partial charge is 0.458 e. The number of carbonyl (C=O) groups excluding carboxylic acids is 3. The van der Waals surface area contributed by atoms with Gasteiger partial charge in [-0.3, -0.25) is 19.3 Å².